The van der Waals surface area contributed by atoms with Crippen LogP contribution in [0.3, 0.4) is 0 Å². The minimum absolute atomic E-state index is 0.236. The lowest BCUT2D eigenvalue weighted by molar-refractivity contribution is -0.379. The molecule has 0 saturated carbocycles. The lowest BCUT2D eigenvalue weighted by atomic mass is 9.96. The van der Waals surface area contributed by atoms with Crippen molar-refractivity contribution in [1.82, 2.24) is 5.32 Å². The molecule has 17 unspecified atom stereocenters. The molecule has 3 fully saturated rings. The van der Waals surface area contributed by atoms with E-state index in [1.54, 1.807) is 6.08 Å². The lowest BCUT2D eigenvalue weighted by Gasteiger charge is -2.48. The number of rotatable bonds is 52. The van der Waals surface area contributed by atoms with Gasteiger partial charge in [0.05, 0.1) is 38.6 Å². The largest absolute Gasteiger partial charge is 0.394 e. The average Bonchev–Trinajstić information content (AvgIpc) is 2.37. The number of carbonyl (C=O) groups excluding carboxylic acids is 1. The Kier molecular flexibility index (Phi) is 45.2. The highest BCUT2D eigenvalue weighted by atomic mass is 16.8. The van der Waals surface area contributed by atoms with Gasteiger partial charge in [-0.2, -0.15) is 0 Å². The van der Waals surface area contributed by atoms with Gasteiger partial charge in [-0.25, -0.2) is 0 Å². The van der Waals surface area contributed by atoms with Gasteiger partial charge in [-0.3, -0.25) is 4.79 Å². The second-order valence-electron chi connectivity index (χ2n) is 24.6. The van der Waals surface area contributed by atoms with E-state index in [9.17, 15) is 61.0 Å². The number of aliphatic hydroxyl groups is 11. The Morgan fingerprint density at radius 2 is 0.744 bits per heavy atom. The summed E-state index contributed by atoms with van der Waals surface area (Å²) in [6.07, 6.45) is 29.8. The maximum Gasteiger partial charge on any atom is 0.220 e. The van der Waals surface area contributed by atoms with Gasteiger partial charge in [-0.05, 0) is 44.9 Å². The molecule has 3 saturated heterocycles. The molecular weight excluding hydrogens is 1110 g/mol. The van der Waals surface area contributed by atoms with Crippen molar-refractivity contribution >= 4 is 5.91 Å². The van der Waals surface area contributed by atoms with Crippen LogP contribution in [0.5, 0.6) is 0 Å². The third kappa shape index (κ3) is 31.8. The van der Waals surface area contributed by atoms with E-state index in [0.29, 0.717) is 12.8 Å². The summed E-state index contributed by atoms with van der Waals surface area (Å²) in [6, 6.07) is -0.994. The summed E-state index contributed by atoms with van der Waals surface area (Å²) in [5.41, 5.74) is 0. The SMILES string of the molecule is CCCCCCCCCCCCCC/C=C/CC/C=C/CC/C=C/C(O)C(COC1OC(CO)C(OC2OC(CO)C(OC3OC(CO)C(O)C(O)C3O)C(O)C2O)C(O)C1O)NC(=O)CCCCCCCCCCCCCCCCCCCCC. The molecule has 0 aromatic heterocycles. The summed E-state index contributed by atoms with van der Waals surface area (Å²) in [6.45, 7) is 1.73. The van der Waals surface area contributed by atoms with Gasteiger partial charge in [0.1, 0.15) is 73.2 Å². The molecule has 0 spiro atoms. The van der Waals surface area contributed by atoms with Crippen LogP contribution in [0.4, 0.5) is 0 Å². The molecule has 86 heavy (non-hydrogen) atoms. The molecule has 0 aromatic rings. The van der Waals surface area contributed by atoms with E-state index >= 15 is 0 Å². The highest BCUT2D eigenvalue weighted by molar-refractivity contribution is 5.76. The van der Waals surface area contributed by atoms with Crippen LogP contribution in [0.15, 0.2) is 36.5 Å². The number of amides is 1. The highest BCUT2D eigenvalue weighted by Crippen LogP contribution is 2.33. The number of carbonyl (C=O) groups is 1. The molecule has 1 amide bonds. The number of hydrogen-bond acceptors (Lipinski definition) is 18. The van der Waals surface area contributed by atoms with Gasteiger partial charge in [-0.15, -0.1) is 0 Å². The summed E-state index contributed by atoms with van der Waals surface area (Å²) >= 11 is 0. The molecular formula is C67H123NO18. The standard InChI is InChI=1S/C67H123NO18/c1-3-5-7-9-11-13-15-17-19-21-23-24-25-27-28-30-32-34-36-38-40-42-44-51(72)50(68-55(73)45-43-41-39-37-35-33-31-29-26-22-20-18-16-14-12-10-8-6-4-2)49-81-65-61(79)58(76)63(53(47-70)83-65)86-67-62(80)59(77)64(54(48-71)84-67)85-66-60(78)57(75)56(74)52(46-69)82-66/h27-28,34,36,42,44,50-54,56-67,69-72,74-80H,3-26,29-33,35,37-41,43,45-49H2,1-2H3,(H,68,73)/b28-27+,36-34+,44-42+. The first kappa shape index (κ1) is 78.3. The van der Waals surface area contributed by atoms with Crippen molar-refractivity contribution in [3.05, 3.63) is 36.5 Å². The summed E-state index contributed by atoms with van der Waals surface area (Å²) in [5.74, 6) is -0.286. The molecule has 12 N–H and O–H groups in total. The van der Waals surface area contributed by atoms with Gasteiger partial charge in [-0.1, -0.05) is 237 Å². The van der Waals surface area contributed by atoms with Gasteiger partial charge in [0.25, 0.3) is 0 Å². The molecule has 19 nitrogen and oxygen atoms in total. The Labute approximate surface area is 517 Å². The molecule has 504 valence electrons. The third-order valence-electron chi connectivity index (χ3n) is 17.2. The molecule has 3 heterocycles. The molecule has 17 atom stereocenters. The Bertz CT molecular complexity index is 1710. The van der Waals surface area contributed by atoms with Crippen LogP contribution in [0.1, 0.15) is 251 Å². The van der Waals surface area contributed by atoms with E-state index in [1.165, 1.54) is 173 Å². The van der Waals surface area contributed by atoms with E-state index in [4.69, 9.17) is 28.4 Å². The molecule has 0 aromatic carbocycles. The first-order valence-corrected chi connectivity index (χ1v) is 34.2. The second-order valence-corrected chi connectivity index (χ2v) is 24.6. The molecule has 0 radical (unpaired) electrons. The van der Waals surface area contributed by atoms with E-state index in [-0.39, 0.29) is 18.9 Å². The molecule has 19 heteroatoms. The highest BCUT2D eigenvalue weighted by Gasteiger charge is 2.53. The van der Waals surface area contributed by atoms with Crippen LogP contribution in [0.2, 0.25) is 0 Å². The van der Waals surface area contributed by atoms with Crippen LogP contribution >= 0.6 is 0 Å². The molecule has 0 aliphatic carbocycles. The topological polar surface area (TPSA) is 307 Å². The lowest BCUT2D eigenvalue weighted by Crippen LogP contribution is -2.66. The maximum atomic E-state index is 13.4. The quantitative estimate of drug-likeness (QED) is 0.0201. The van der Waals surface area contributed by atoms with E-state index < -0.39 is 124 Å². The first-order chi connectivity index (χ1) is 41.8. The summed E-state index contributed by atoms with van der Waals surface area (Å²) in [4.78, 5) is 13.4. The van der Waals surface area contributed by atoms with Gasteiger partial charge in [0, 0.05) is 6.42 Å². The average molecular weight is 1230 g/mol. The van der Waals surface area contributed by atoms with Crippen molar-refractivity contribution in [3.8, 4) is 0 Å². The van der Waals surface area contributed by atoms with E-state index in [1.807, 2.05) is 6.08 Å². The van der Waals surface area contributed by atoms with E-state index in [2.05, 4.69) is 43.5 Å². The Balaban J connectivity index is 1.47. The number of aliphatic hydroxyl groups excluding tert-OH is 11. The zero-order chi connectivity index (χ0) is 62.6. The van der Waals surface area contributed by atoms with Crippen molar-refractivity contribution < 1.29 is 89.4 Å². The number of unbranched alkanes of at least 4 members (excludes halogenated alkanes) is 32. The van der Waals surface area contributed by atoms with Crippen molar-refractivity contribution in [1.29, 1.82) is 0 Å². The fourth-order valence-electron chi connectivity index (χ4n) is 11.6. The Morgan fingerprint density at radius 3 is 1.16 bits per heavy atom. The van der Waals surface area contributed by atoms with Gasteiger partial charge in [0.15, 0.2) is 18.9 Å². The summed E-state index contributed by atoms with van der Waals surface area (Å²) in [7, 11) is 0. The van der Waals surface area contributed by atoms with Crippen molar-refractivity contribution in [3.63, 3.8) is 0 Å². The van der Waals surface area contributed by atoms with Gasteiger partial charge < -0.3 is 89.9 Å². The Hall–Kier alpha value is -1.99. The molecule has 0 bridgehead atoms. The summed E-state index contributed by atoms with van der Waals surface area (Å²) in [5, 5.41) is 120. The fourth-order valence-corrected chi connectivity index (χ4v) is 11.6. The normalized spacial score (nSPS) is 29.0. The molecule has 3 rings (SSSR count). The zero-order valence-electron chi connectivity index (χ0n) is 53.0. The number of nitrogens with one attached hydrogen (secondary N) is 1. The van der Waals surface area contributed by atoms with Gasteiger partial charge in [0.2, 0.25) is 5.91 Å². The maximum absolute atomic E-state index is 13.4. The van der Waals surface area contributed by atoms with Crippen molar-refractivity contribution in [2.75, 3.05) is 26.4 Å². The third-order valence-corrected chi connectivity index (χ3v) is 17.2. The number of ether oxygens (including phenoxy) is 6. The monoisotopic (exact) mass is 1230 g/mol. The van der Waals surface area contributed by atoms with E-state index in [0.717, 1.165) is 44.9 Å². The molecule has 3 aliphatic rings. The Morgan fingerprint density at radius 1 is 0.407 bits per heavy atom. The minimum atomic E-state index is -1.98. The van der Waals surface area contributed by atoms with Crippen molar-refractivity contribution in [2.24, 2.45) is 0 Å². The predicted octanol–water partition coefficient (Wildman–Crippen LogP) is 8.44. The first-order valence-electron chi connectivity index (χ1n) is 34.2. The second kappa shape index (κ2) is 49.7. The zero-order valence-corrected chi connectivity index (χ0v) is 53.0. The minimum Gasteiger partial charge on any atom is -0.394 e. The van der Waals surface area contributed by atoms with Crippen LogP contribution < -0.4 is 5.32 Å². The van der Waals surface area contributed by atoms with Crippen LogP contribution in [-0.2, 0) is 33.2 Å². The van der Waals surface area contributed by atoms with Crippen LogP contribution in [0.25, 0.3) is 0 Å². The predicted molar refractivity (Wildman–Crippen MR) is 333 cm³/mol. The fraction of sp³-hybridized carbons (Fsp3) is 0.896. The number of allylic oxidation sites excluding steroid dienone is 5. The molecule has 3 aliphatic heterocycles. The van der Waals surface area contributed by atoms with Crippen LogP contribution in [-0.4, -0.2) is 193 Å². The van der Waals surface area contributed by atoms with Gasteiger partial charge >= 0.3 is 0 Å². The smallest absolute Gasteiger partial charge is 0.220 e. The summed E-state index contributed by atoms with van der Waals surface area (Å²) < 4.78 is 34.3. The number of hydrogen-bond donors (Lipinski definition) is 12. The van der Waals surface area contributed by atoms with Crippen molar-refractivity contribution in [2.45, 2.75) is 356 Å². The van der Waals surface area contributed by atoms with Crippen LogP contribution in [0, 0.1) is 0 Å².